The van der Waals surface area contributed by atoms with Gasteiger partial charge in [0.2, 0.25) is 0 Å². The standard InChI is InChI=1S/C13H27NO4/c1-15-9-10-17-12-11-16-8-6-14-5-4-13-3-2-7-18-13/h13-14H,2-12H2,1H3. The lowest BCUT2D eigenvalue weighted by atomic mass is 10.2. The molecule has 0 aromatic carbocycles. The maximum atomic E-state index is 5.55. The molecular formula is C13H27NO4. The minimum Gasteiger partial charge on any atom is -0.382 e. The van der Waals surface area contributed by atoms with Gasteiger partial charge in [-0.25, -0.2) is 0 Å². The Morgan fingerprint density at radius 3 is 2.56 bits per heavy atom. The Labute approximate surface area is 110 Å². The average molecular weight is 261 g/mol. The van der Waals surface area contributed by atoms with E-state index in [0.29, 0.717) is 32.5 Å². The molecule has 1 atom stereocenters. The molecule has 0 spiro atoms. The van der Waals surface area contributed by atoms with Crippen molar-refractivity contribution in [3.63, 3.8) is 0 Å². The van der Waals surface area contributed by atoms with Gasteiger partial charge in [-0.2, -0.15) is 0 Å². The molecule has 0 radical (unpaired) electrons. The van der Waals surface area contributed by atoms with Crippen LogP contribution in [0.5, 0.6) is 0 Å². The zero-order chi connectivity index (χ0) is 12.9. The molecule has 5 nitrogen and oxygen atoms in total. The quantitative estimate of drug-likeness (QED) is 0.527. The van der Waals surface area contributed by atoms with Crippen molar-refractivity contribution in [1.29, 1.82) is 0 Å². The first kappa shape index (κ1) is 15.9. The van der Waals surface area contributed by atoms with E-state index in [2.05, 4.69) is 5.32 Å². The molecule has 1 unspecified atom stereocenters. The highest BCUT2D eigenvalue weighted by molar-refractivity contribution is 4.65. The monoisotopic (exact) mass is 261 g/mol. The van der Waals surface area contributed by atoms with Crippen LogP contribution in [-0.4, -0.2) is 65.9 Å². The lowest BCUT2D eigenvalue weighted by molar-refractivity contribution is 0.0254. The summed E-state index contributed by atoms with van der Waals surface area (Å²) in [6.45, 7) is 6.15. The van der Waals surface area contributed by atoms with Gasteiger partial charge in [0.05, 0.1) is 39.1 Å². The van der Waals surface area contributed by atoms with E-state index in [9.17, 15) is 0 Å². The number of hydrogen-bond donors (Lipinski definition) is 1. The molecular weight excluding hydrogens is 234 g/mol. The first-order valence-electron chi connectivity index (χ1n) is 6.90. The molecule has 0 aromatic rings. The molecule has 1 heterocycles. The molecule has 0 aromatic heterocycles. The van der Waals surface area contributed by atoms with E-state index >= 15 is 0 Å². The largest absolute Gasteiger partial charge is 0.382 e. The van der Waals surface area contributed by atoms with Gasteiger partial charge in [0, 0.05) is 20.3 Å². The molecule has 5 heteroatoms. The first-order valence-corrected chi connectivity index (χ1v) is 6.90. The van der Waals surface area contributed by atoms with E-state index in [1.54, 1.807) is 7.11 Å². The van der Waals surface area contributed by atoms with Crippen molar-refractivity contribution in [2.75, 3.05) is 59.8 Å². The molecule has 18 heavy (non-hydrogen) atoms. The summed E-state index contributed by atoms with van der Waals surface area (Å²) in [5.41, 5.74) is 0. The van der Waals surface area contributed by atoms with Crippen LogP contribution in [0.4, 0.5) is 0 Å². The lowest BCUT2D eigenvalue weighted by Gasteiger charge is -2.10. The lowest BCUT2D eigenvalue weighted by Crippen LogP contribution is -2.24. The summed E-state index contributed by atoms with van der Waals surface area (Å²) in [6, 6.07) is 0. The third kappa shape index (κ3) is 8.83. The van der Waals surface area contributed by atoms with Crippen LogP contribution in [0.2, 0.25) is 0 Å². The Kier molecular flexibility index (Phi) is 10.5. The molecule has 1 fully saturated rings. The number of hydrogen-bond acceptors (Lipinski definition) is 5. The maximum absolute atomic E-state index is 5.55. The SMILES string of the molecule is COCCOCCOCCNCCC1CCCO1. The van der Waals surface area contributed by atoms with Gasteiger partial charge in [-0.05, 0) is 25.8 Å². The highest BCUT2D eigenvalue weighted by Crippen LogP contribution is 2.14. The first-order chi connectivity index (χ1) is 8.93. The Morgan fingerprint density at radius 2 is 1.83 bits per heavy atom. The summed E-state index contributed by atoms with van der Waals surface area (Å²) < 4.78 is 21.1. The summed E-state index contributed by atoms with van der Waals surface area (Å²) >= 11 is 0. The Bertz CT molecular complexity index is 174. The van der Waals surface area contributed by atoms with Crippen LogP contribution in [0, 0.1) is 0 Å². The Balaban J connectivity index is 1.68. The van der Waals surface area contributed by atoms with Gasteiger partial charge in [0.15, 0.2) is 0 Å². The van der Waals surface area contributed by atoms with E-state index in [0.717, 1.165) is 32.7 Å². The molecule has 108 valence electrons. The fourth-order valence-electron chi connectivity index (χ4n) is 1.87. The molecule has 1 N–H and O–H groups in total. The highest BCUT2D eigenvalue weighted by atomic mass is 16.5. The molecule has 1 aliphatic rings. The zero-order valence-electron chi connectivity index (χ0n) is 11.5. The van der Waals surface area contributed by atoms with Gasteiger partial charge in [0.1, 0.15) is 0 Å². The fourth-order valence-corrected chi connectivity index (χ4v) is 1.87. The van der Waals surface area contributed by atoms with Crippen LogP contribution in [0.25, 0.3) is 0 Å². The van der Waals surface area contributed by atoms with E-state index < -0.39 is 0 Å². The summed E-state index contributed by atoms with van der Waals surface area (Å²) in [5.74, 6) is 0. The fraction of sp³-hybridized carbons (Fsp3) is 1.00. The van der Waals surface area contributed by atoms with Crippen molar-refractivity contribution in [3.05, 3.63) is 0 Å². The van der Waals surface area contributed by atoms with Crippen LogP contribution in [-0.2, 0) is 18.9 Å². The molecule has 1 aliphatic heterocycles. The predicted molar refractivity (Wildman–Crippen MR) is 70.0 cm³/mol. The van der Waals surface area contributed by atoms with Gasteiger partial charge < -0.3 is 24.3 Å². The van der Waals surface area contributed by atoms with Gasteiger partial charge in [-0.3, -0.25) is 0 Å². The van der Waals surface area contributed by atoms with Crippen LogP contribution < -0.4 is 5.32 Å². The Hall–Kier alpha value is -0.200. The van der Waals surface area contributed by atoms with E-state index in [-0.39, 0.29) is 0 Å². The number of rotatable bonds is 12. The van der Waals surface area contributed by atoms with E-state index in [1.807, 2.05) is 0 Å². The molecule has 1 rings (SSSR count). The normalized spacial score (nSPS) is 19.5. The average Bonchev–Trinajstić information content (AvgIpc) is 2.89. The molecule has 0 amide bonds. The minimum absolute atomic E-state index is 0.479. The summed E-state index contributed by atoms with van der Waals surface area (Å²) in [6.07, 6.45) is 4.03. The molecule has 1 saturated heterocycles. The number of ether oxygens (including phenoxy) is 4. The van der Waals surface area contributed by atoms with Crippen LogP contribution in [0.1, 0.15) is 19.3 Å². The van der Waals surface area contributed by atoms with Crippen LogP contribution >= 0.6 is 0 Å². The summed E-state index contributed by atoms with van der Waals surface area (Å²) in [4.78, 5) is 0. The van der Waals surface area contributed by atoms with Crippen molar-refractivity contribution < 1.29 is 18.9 Å². The van der Waals surface area contributed by atoms with Gasteiger partial charge >= 0.3 is 0 Å². The molecule has 0 saturated carbocycles. The summed E-state index contributed by atoms with van der Waals surface area (Å²) in [5, 5.41) is 3.36. The third-order valence-electron chi connectivity index (χ3n) is 2.89. The van der Waals surface area contributed by atoms with Crippen molar-refractivity contribution in [2.45, 2.75) is 25.4 Å². The number of methoxy groups -OCH3 is 1. The van der Waals surface area contributed by atoms with Crippen LogP contribution in [0.15, 0.2) is 0 Å². The van der Waals surface area contributed by atoms with Crippen molar-refractivity contribution in [3.8, 4) is 0 Å². The second-order valence-electron chi connectivity index (χ2n) is 4.39. The second-order valence-corrected chi connectivity index (χ2v) is 4.39. The van der Waals surface area contributed by atoms with Gasteiger partial charge in [-0.1, -0.05) is 0 Å². The zero-order valence-corrected chi connectivity index (χ0v) is 11.5. The van der Waals surface area contributed by atoms with Gasteiger partial charge in [-0.15, -0.1) is 0 Å². The third-order valence-corrected chi connectivity index (χ3v) is 2.89. The number of nitrogens with one attached hydrogen (secondary N) is 1. The Morgan fingerprint density at radius 1 is 1.06 bits per heavy atom. The smallest absolute Gasteiger partial charge is 0.0701 e. The van der Waals surface area contributed by atoms with E-state index in [1.165, 1.54) is 12.8 Å². The van der Waals surface area contributed by atoms with Crippen molar-refractivity contribution in [2.24, 2.45) is 0 Å². The topological polar surface area (TPSA) is 49.0 Å². The van der Waals surface area contributed by atoms with Crippen LogP contribution in [0.3, 0.4) is 0 Å². The van der Waals surface area contributed by atoms with Crippen molar-refractivity contribution >= 4 is 0 Å². The second kappa shape index (κ2) is 11.9. The highest BCUT2D eigenvalue weighted by Gasteiger charge is 2.13. The molecule has 0 bridgehead atoms. The summed E-state index contributed by atoms with van der Waals surface area (Å²) in [7, 11) is 1.67. The van der Waals surface area contributed by atoms with Crippen molar-refractivity contribution in [1.82, 2.24) is 5.32 Å². The minimum atomic E-state index is 0.479. The predicted octanol–water partition coefficient (Wildman–Crippen LogP) is 0.825. The van der Waals surface area contributed by atoms with E-state index in [4.69, 9.17) is 18.9 Å². The molecule has 0 aliphatic carbocycles. The van der Waals surface area contributed by atoms with Gasteiger partial charge in [0.25, 0.3) is 0 Å². The maximum Gasteiger partial charge on any atom is 0.0701 e.